The van der Waals surface area contributed by atoms with Gasteiger partial charge in [-0.15, -0.1) is 0 Å². The highest BCUT2D eigenvalue weighted by Crippen LogP contribution is 2.68. The first kappa shape index (κ1) is 29.4. The molecular formula is C32H48O8. The van der Waals surface area contributed by atoms with Gasteiger partial charge in [0.25, 0.3) is 0 Å². The summed E-state index contributed by atoms with van der Waals surface area (Å²) >= 11 is 0. The molecule has 5 rings (SSSR count). The van der Waals surface area contributed by atoms with Crippen LogP contribution in [0, 0.1) is 71.0 Å². The van der Waals surface area contributed by atoms with Crippen LogP contribution in [0.25, 0.3) is 0 Å². The van der Waals surface area contributed by atoms with Gasteiger partial charge in [0, 0.05) is 0 Å². The lowest BCUT2D eigenvalue weighted by Gasteiger charge is -2.65. The topological polar surface area (TPSA) is 105 Å². The minimum absolute atomic E-state index is 0.0689. The first-order chi connectivity index (χ1) is 19.4. The van der Waals surface area contributed by atoms with E-state index in [-0.39, 0.29) is 71.2 Å². The van der Waals surface area contributed by atoms with Gasteiger partial charge in [0.1, 0.15) is 0 Å². The van der Waals surface area contributed by atoms with Crippen molar-refractivity contribution in [3.63, 3.8) is 0 Å². The molecule has 0 heterocycles. The highest BCUT2D eigenvalue weighted by Gasteiger charge is 2.65. The second-order valence-electron chi connectivity index (χ2n) is 12.7. The fraction of sp³-hybridized carbons (Fsp3) is 0.875. The zero-order valence-electron chi connectivity index (χ0n) is 24.7. The maximum atomic E-state index is 13.3. The summed E-state index contributed by atoms with van der Waals surface area (Å²) in [5, 5.41) is 0. The quantitative estimate of drug-likeness (QED) is 0.307. The van der Waals surface area contributed by atoms with Crippen LogP contribution in [0.5, 0.6) is 0 Å². The molecule has 0 bridgehead atoms. The number of carbonyl (C=O) groups is 4. The molecule has 0 aromatic heterocycles. The number of ether oxygens (including phenoxy) is 4. The van der Waals surface area contributed by atoms with Gasteiger partial charge in [0.05, 0.1) is 50.1 Å². The van der Waals surface area contributed by atoms with Gasteiger partial charge in [-0.1, -0.05) is 0 Å². The van der Waals surface area contributed by atoms with Gasteiger partial charge in [-0.05, 0) is 126 Å². The minimum Gasteiger partial charge on any atom is -0.466 e. The highest BCUT2D eigenvalue weighted by molar-refractivity contribution is 5.78. The second kappa shape index (κ2) is 12.4. The maximum Gasteiger partial charge on any atom is 0.309 e. The lowest BCUT2D eigenvalue weighted by Crippen LogP contribution is -2.63. The Bertz CT molecular complexity index is 815. The van der Waals surface area contributed by atoms with Crippen molar-refractivity contribution >= 4 is 23.9 Å². The lowest BCUT2D eigenvalue weighted by molar-refractivity contribution is -0.206. The summed E-state index contributed by atoms with van der Waals surface area (Å²) in [6.07, 6.45) is 6.56. The van der Waals surface area contributed by atoms with E-state index < -0.39 is 0 Å². The summed E-state index contributed by atoms with van der Waals surface area (Å²) in [5.74, 6) is 0.0545. The van der Waals surface area contributed by atoms with Crippen molar-refractivity contribution in [3.8, 4) is 0 Å². The summed E-state index contributed by atoms with van der Waals surface area (Å²) in [7, 11) is 0. The Morgan fingerprint density at radius 1 is 0.400 bits per heavy atom. The van der Waals surface area contributed by atoms with Gasteiger partial charge >= 0.3 is 23.9 Å². The van der Waals surface area contributed by atoms with Crippen molar-refractivity contribution in [3.05, 3.63) is 0 Å². The van der Waals surface area contributed by atoms with E-state index in [9.17, 15) is 19.2 Å². The van der Waals surface area contributed by atoms with E-state index in [1.807, 2.05) is 27.7 Å². The molecule has 0 aromatic rings. The first-order valence-corrected chi connectivity index (χ1v) is 16.0. The molecule has 0 N–H and O–H groups in total. The van der Waals surface area contributed by atoms with Crippen LogP contribution in [0.4, 0.5) is 0 Å². The molecule has 5 saturated carbocycles. The minimum atomic E-state index is -0.280. The molecule has 0 saturated heterocycles. The molecular weight excluding hydrogens is 512 g/mol. The molecule has 5 aliphatic carbocycles. The predicted molar refractivity (Wildman–Crippen MR) is 145 cm³/mol. The third-order valence-electron chi connectivity index (χ3n) is 11.4. The second-order valence-corrected chi connectivity index (χ2v) is 12.7. The normalized spacial score (nSPS) is 41.5. The largest absolute Gasteiger partial charge is 0.466 e. The molecule has 0 radical (unpaired) electrons. The van der Waals surface area contributed by atoms with E-state index in [4.69, 9.17) is 18.9 Å². The number of rotatable bonds is 8. The van der Waals surface area contributed by atoms with Gasteiger partial charge in [-0.25, -0.2) is 0 Å². The molecule has 8 heteroatoms. The Morgan fingerprint density at radius 3 is 0.825 bits per heavy atom. The summed E-state index contributed by atoms with van der Waals surface area (Å²) in [5.41, 5.74) is 0. The molecule has 8 nitrogen and oxygen atoms in total. The average molecular weight is 561 g/mol. The Labute approximate surface area is 238 Å². The molecule has 8 atom stereocenters. The zero-order chi connectivity index (χ0) is 28.6. The number of carbonyl (C=O) groups excluding carboxylic acids is 4. The van der Waals surface area contributed by atoms with Crippen molar-refractivity contribution < 1.29 is 38.1 Å². The van der Waals surface area contributed by atoms with E-state index in [0.717, 1.165) is 25.7 Å². The predicted octanol–water partition coefficient (Wildman–Crippen LogP) is 4.82. The molecule has 0 aromatic carbocycles. The molecule has 40 heavy (non-hydrogen) atoms. The van der Waals surface area contributed by atoms with Gasteiger partial charge in [0.2, 0.25) is 0 Å². The van der Waals surface area contributed by atoms with Crippen LogP contribution in [-0.4, -0.2) is 50.3 Å². The van der Waals surface area contributed by atoms with E-state index in [0.29, 0.717) is 75.8 Å². The fourth-order valence-corrected chi connectivity index (χ4v) is 10.5. The fourth-order valence-electron chi connectivity index (χ4n) is 10.5. The van der Waals surface area contributed by atoms with Crippen LogP contribution >= 0.6 is 0 Å². The van der Waals surface area contributed by atoms with Crippen LogP contribution < -0.4 is 0 Å². The molecule has 224 valence electrons. The first-order valence-electron chi connectivity index (χ1n) is 16.0. The van der Waals surface area contributed by atoms with Crippen molar-refractivity contribution in [1.82, 2.24) is 0 Å². The lowest BCUT2D eigenvalue weighted by atomic mass is 9.38. The standard InChI is InChI=1S/C32H48O8/c1-5-37-29(33)21-13-9-17-19-11-15-23(31(35)39-7-3)28-24(32(36)40-8-4)16-12-20(26(19)28)18-10-14-22(27(21)25(17)18)30(34)38-6-2/h17-28H,5-16H2,1-4H3. The SMILES string of the molecule is CCOC(=O)C1CCC2C3CCC(C(=O)OCC)C4C(C(=O)OCC)CCC(C5CCC(C(=O)OCC)C1C25)C34. The number of hydrogen-bond acceptors (Lipinski definition) is 8. The van der Waals surface area contributed by atoms with E-state index in [1.165, 1.54) is 0 Å². The Balaban J connectivity index is 1.53. The third-order valence-corrected chi connectivity index (χ3v) is 11.4. The summed E-state index contributed by atoms with van der Waals surface area (Å²) in [6.45, 7) is 8.70. The van der Waals surface area contributed by atoms with E-state index in [2.05, 4.69) is 0 Å². The smallest absolute Gasteiger partial charge is 0.309 e. The van der Waals surface area contributed by atoms with Gasteiger partial charge in [-0.2, -0.15) is 0 Å². The van der Waals surface area contributed by atoms with Gasteiger partial charge in [0.15, 0.2) is 0 Å². The Morgan fingerprint density at radius 2 is 0.625 bits per heavy atom. The summed E-state index contributed by atoms with van der Waals surface area (Å²) in [6, 6.07) is 0. The van der Waals surface area contributed by atoms with Crippen LogP contribution in [0.1, 0.15) is 79.1 Å². The van der Waals surface area contributed by atoms with Crippen molar-refractivity contribution in [1.29, 1.82) is 0 Å². The van der Waals surface area contributed by atoms with Gasteiger partial charge in [-0.3, -0.25) is 19.2 Å². The van der Waals surface area contributed by atoms with Gasteiger partial charge < -0.3 is 18.9 Å². The molecule has 8 unspecified atom stereocenters. The van der Waals surface area contributed by atoms with Crippen LogP contribution in [0.3, 0.4) is 0 Å². The summed E-state index contributed by atoms with van der Waals surface area (Å²) in [4.78, 5) is 53.1. The maximum absolute atomic E-state index is 13.3. The van der Waals surface area contributed by atoms with Crippen LogP contribution in [0.15, 0.2) is 0 Å². The zero-order valence-corrected chi connectivity index (χ0v) is 24.7. The highest BCUT2D eigenvalue weighted by atomic mass is 16.5. The molecule has 0 spiro atoms. The van der Waals surface area contributed by atoms with Crippen LogP contribution in [0.2, 0.25) is 0 Å². The Hall–Kier alpha value is -2.12. The third kappa shape index (κ3) is 4.95. The monoisotopic (exact) mass is 560 g/mol. The van der Waals surface area contributed by atoms with Crippen molar-refractivity contribution in [2.45, 2.75) is 79.1 Å². The molecule has 0 aliphatic heterocycles. The molecule has 5 fully saturated rings. The van der Waals surface area contributed by atoms with Crippen LogP contribution in [-0.2, 0) is 38.1 Å². The number of fused-ring (bicyclic) bond motifs is 2. The van der Waals surface area contributed by atoms with E-state index >= 15 is 0 Å². The van der Waals surface area contributed by atoms with Crippen molar-refractivity contribution in [2.24, 2.45) is 71.0 Å². The average Bonchev–Trinajstić information content (AvgIpc) is 2.95. The molecule has 5 aliphatic rings. The van der Waals surface area contributed by atoms with E-state index in [1.54, 1.807) is 0 Å². The Kier molecular flexibility index (Phi) is 9.11. The molecule has 0 amide bonds. The summed E-state index contributed by atoms with van der Waals surface area (Å²) < 4.78 is 22.2. The number of hydrogen-bond donors (Lipinski definition) is 0. The number of esters is 4. The van der Waals surface area contributed by atoms with Crippen molar-refractivity contribution in [2.75, 3.05) is 26.4 Å².